The summed E-state index contributed by atoms with van der Waals surface area (Å²) in [5, 5.41) is 0. The van der Waals surface area contributed by atoms with Gasteiger partial charge in [0.2, 0.25) is 5.91 Å². The highest BCUT2D eigenvalue weighted by Gasteiger charge is 2.21. The Labute approximate surface area is 122 Å². The van der Waals surface area contributed by atoms with Gasteiger partial charge in [0.05, 0.1) is 0 Å². The molecule has 1 fully saturated rings. The van der Waals surface area contributed by atoms with Gasteiger partial charge in [-0.25, -0.2) is 0 Å². The molecule has 1 aromatic rings. The minimum absolute atomic E-state index is 0.309. The second kappa shape index (κ2) is 6.89. The van der Waals surface area contributed by atoms with Crippen LogP contribution in [0, 0.1) is 12.8 Å². The molecular weight excluding hydrogens is 248 g/mol. The molecule has 1 saturated heterocycles. The van der Waals surface area contributed by atoms with Crippen LogP contribution < -0.4 is 5.73 Å². The molecular formula is C17H26N2O. The topological polar surface area (TPSA) is 46.3 Å². The van der Waals surface area contributed by atoms with Gasteiger partial charge in [-0.2, -0.15) is 0 Å². The Kier molecular flexibility index (Phi) is 5.18. The van der Waals surface area contributed by atoms with E-state index in [4.69, 9.17) is 5.73 Å². The van der Waals surface area contributed by atoms with E-state index in [1.807, 2.05) is 4.90 Å². The van der Waals surface area contributed by atoms with E-state index in [1.54, 1.807) is 0 Å². The minimum Gasteiger partial charge on any atom is -0.338 e. The first-order chi connectivity index (χ1) is 9.63. The van der Waals surface area contributed by atoms with Gasteiger partial charge in [-0.1, -0.05) is 31.5 Å². The Morgan fingerprint density at radius 1 is 1.35 bits per heavy atom. The fourth-order valence-corrected chi connectivity index (χ4v) is 2.94. The largest absolute Gasteiger partial charge is 0.338 e. The molecule has 1 aromatic carbocycles. The first-order valence-corrected chi connectivity index (χ1v) is 7.70. The van der Waals surface area contributed by atoms with Crippen LogP contribution in [0.15, 0.2) is 18.2 Å². The Morgan fingerprint density at radius 3 is 2.80 bits per heavy atom. The molecule has 2 rings (SSSR count). The summed E-state index contributed by atoms with van der Waals surface area (Å²) >= 11 is 0. The summed E-state index contributed by atoms with van der Waals surface area (Å²) in [7, 11) is 0. The lowest BCUT2D eigenvalue weighted by Gasteiger charge is -2.22. The van der Waals surface area contributed by atoms with Crippen LogP contribution in [0.25, 0.3) is 0 Å². The Morgan fingerprint density at radius 2 is 2.15 bits per heavy atom. The lowest BCUT2D eigenvalue weighted by Crippen LogP contribution is -2.30. The van der Waals surface area contributed by atoms with Crippen molar-refractivity contribution in [3.63, 3.8) is 0 Å². The summed E-state index contributed by atoms with van der Waals surface area (Å²) in [5.74, 6) is 1.02. The van der Waals surface area contributed by atoms with E-state index in [1.165, 1.54) is 17.5 Å². The summed E-state index contributed by atoms with van der Waals surface area (Å²) in [6.45, 7) is 6.54. The van der Waals surface area contributed by atoms with Crippen LogP contribution in [0.5, 0.6) is 0 Å². The minimum atomic E-state index is 0.309. The van der Waals surface area contributed by atoms with Gasteiger partial charge in [0.15, 0.2) is 0 Å². The molecule has 1 heterocycles. The van der Waals surface area contributed by atoms with Crippen LogP contribution in [0.2, 0.25) is 0 Å². The van der Waals surface area contributed by atoms with Gasteiger partial charge in [-0.05, 0) is 42.4 Å². The molecule has 20 heavy (non-hydrogen) atoms. The highest BCUT2D eigenvalue weighted by molar-refractivity contribution is 5.76. The van der Waals surface area contributed by atoms with Crippen molar-refractivity contribution in [1.82, 2.24) is 4.90 Å². The molecule has 0 aromatic heterocycles. The zero-order valence-corrected chi connectivity index (χ0v) is 12.7. The molecule has 1 unspecified atom stereocenters. The van der Waals surface area contributed by atoms with Crippen molar-refractivity contribution in [2.75, 3.05) is 6.54 Å². The van der Waals surface area contributed by atoms with Crippen molar-refractivity contribution in [2.24, 2.45) is 11.7 Å². The van der Waals surface area contributed by atoms with Crippen LogP contribution in [-0.4, -0.2) is 17.4 Å². The fraction of sp³-hybridized carbons (Fsp3) is 0.588. The first-order valence-electron chi connectivity index (χ1n) is 7.70. The fourth-order valence-electron chi connectivity index (χ4n) is 2.94. The summed E-state index contributed by atoms with van der Waals surface area (Å²) in [5.41, 5.74) is 9.29. The van der Waals surface area contributed by atoms with E-state index in [0.29, 0.717) is 24.8 Å². The van der Waals surface area contributed by atoms with E-state index in [0.717, 1.165) is 31.5 Å². The van der Waals surface area contributed by atoms with E-state index in [2.05, 4.69) is 32.0 Å². The molecule has 3 nitrogen and oxygen atoms in total. The molecule has 0 radical (unpaired) electrons. The molecule has 3 heteroatoms. The number of nitrogens with two attached hydrogens (primary N) is 1. The van der Waals surface area contributed by atoms with Crippen LogP contribution in [-0.2, 0) is 17.9 Å². The summed E-state index contributed by atoms with van der Waals surface area (Å²) in [6.07, 6.45) is 4.09. The normalized spacial score (nSPS) is 20.1. The third-order valence-electron chi connectivity index (χ3n) is 4.51. The van der Waals surface area contributed by atoms with E-state index in [-0.39, 0.29) is 0 Å². The van der Waals surface area contributed by atoms with Crippen molar-refractivity contribution in [1.29, 1.82) is 0 Å². The third kappa shape index (κ3) is 3.60. The predicted octanol–water partition coefficient (Wildman–Crippen LogP) is 2.99. The van der Waals surface area contributed by atoms with Crippen LogP contribution in [0.3, 0.4) is 0 Å². The molecule has 110 valence electrons. The van der Waals surface area contributed by atoms with Crippen LogP contribution in [0.4, 0.5) is 0 Å². The lowest BCUT2D eigenvalue weighted by atomic mass is 9.98. The van der Waals surface area contributed by atoms with Crippen LogP contribution >= 0.6 is 0 Å². The molecule has 0 aliphatic carbocycles. The van der Waals surface area contributed by atoms with Crippen molar-refractivity contribution in [2.45, 2.75) is 52.6 Å². The highest BCUT2D eigenvalue weighted by Crippen LogP contribution is 2.23. The Balaban J connectivity index is 2.06. The average Bonchev–Trinajstić information content (AvgIpc) is 2.63. The standard InChI is InChI=1S/C17H26N2O/c1-3-14-5-7-17(20)19(9-8-14)12-16-6-4-15(11-18)10-13(16)2/h4,6,10,14H,3,5,7-9,11-12,18H2,1-2H3. The van der Waals surface area contributed by atoms with Crippen molar-refractivity contribution >= 4 is 5.91 Å². The van der Waals surface area contributed by atoms with E-state index < -0.39 is 0 Å². The molecule has 0 saturated carbocycles. The van der Waals surface area contributed by atoms with Crippen molar-refractivity contribution < 1.29 is 4.79 Å². The van der Waals surface area contributed by atoms with Crippen molar-refractivity contribution in [3.8, 4) is 0 Å². The maximum atomic E-state index is 12.2. The monoisotopic (exact) mass is 274 g/mol. The second-order valence-corrected chi connectivity index (χ2v) is 5.88. The molecule has 2 N–H and O–H groups in total. The zero-order valence-electron chi connectivity index (χ0n) is 12.7. The summed E-state index contributed by atoms with van der Waals surface area (Å²) < 4.78 is 0. The maximum absolute atomic E-state index is 12.2. The van der Waals surface area contributed by atoms with Gasteiger partial charge < -0.3 is 10.6 Å². The number of benzene rings is 1. The molecule has 1 aliphatic rings. The number of carbonyl (C=O) groups is 1. The number of hydrogen-bond donors (Lipinski definition) is 1. The Hall–Kier alpha value is -1.35. The van der Waals surface area contributed by atoms with Gasteiger partial charge in [-0.15, -0.1) is 0 Å². The number of nitrogens with zero attached hydrogens (tertiary/aromatic N) is 1. The van der Waals surface area contributed by atoms with Gasteiger partial charge in [0.25, 0.3) is 0 Å². The quantitative estimate of drug-likeness (QED) is 0.917. The molecule has 1 atom stereocenters. The van der Waals surface area contributed by atoms with Gasteiger partial charge in [-0.3, -0.25) is 4.79 Å². The first kappa shape index (κ1) is 15.0. The number of aryl methyl sites for hydroxylation is 1. The van der Waals surface area contributed by atoms with Gasteiger partial charge in [0, 0.05) is 26.1 Å². The maximum Gasteiger partial charge on any atom is 0.222 e. The molecule has 0 spiro atoms. The third-order valence-corrected chi connectivity index (χ3v) is 4.51. The number of rotatable bonds is 4. The molecule has 1 amide bonds. The van der Waals surface area contributed by atoms with E-state index in [9.17, 15) is 4.79 Å². The number of carbonyl (C=O) groups excluding carboxylic acids is 1. The SMILES string of the molecule is CCC1CCC(=O)N(Cc2ccc(CN)cc2C)CC1. The van der Waals surface area contributed by atoms with E-state index >= 15 is 0 Å². The number of hydrogen-bond acceptors (Lipinski definition) is 2. The highest BCUT2D eigenvalue weighted by atomic mass is 16.2. The molecule has 1 aliphatic heterocycles. The number of amides is 1. The Bertz CT molecular complexity index is 470. The molecule has 0 bridgehead atoms. The van der Waals surface area contributed by atoms with Crippen molar-refractivity contribution in [3.05, 3.63) is 34.9 Å². The van der Waals surface area contributed by atoms with Crippen LogP contribution in [0.1, 0.15) is 49.3 Å². The summed E-state index contributed by atoms with van der Waals surface area (Å²) in [6, 6.07) is 6.32. The zero-order chi connectivity index (χ0) is 14.5. The predicted molar refractivity (Wildman–Crippen MR) is 82.1 cm³/mol. The lowest BCUT2D eigenvalue weighted by molar-refractivity contribution is -0.131. The smallest absolute Gasteiger partial charge is 0.222 e. The van der Waals surface area contributed by atoms with Gasteiger partial charge in [0.1, 0.15) is 0 Å². The average molecular weight is 274 g/mol. The van der Waals surface area contributed by atoms with Gasteiger partial charge >= 0.3 is 0 Å². The second-order valence-electron chi connectivity index (χ2n) is 5.88. The number of likely N-dealkylation sites (tertiary alicyclic amines) is 1. The summed E-state index contributed by atoms with van der Waals surface area (Å²) in [4.78, 5) is 14.2.